The Bertz CT molecular complexity index is 273. The third-order valence-electron chi connectivity index (χ3n) is 1.54. The monoisotopic (exact) mass is 326 g/mol. The summed E-state index contributed by atoms with van der Waals surface area (Å²) in [4.78, 5) is 0. The molecule has 1 N–H and O–H groups in total. The van der Waals surface area contributed by atoms with E-state index in [1.54, 1.807) is 0 Å². The highest BCUT2D eigenvalue weighted by molar-refractivity contribution is 14.1. The van der Waals surface area contributed by atoms with Gasteiger partial charge in [0.1, 0.15) is 0 Å². The van der Waals surface area contributed by atoms with Gasteiger partial charge in [0.25, 0.3) is 0 Å². The minimum Gasteiger partial charge on any atom is -0.392 e. The summed E-state index contributed by atoms with van der Waals surface area (Å²) < 4.78 is 2.12. The Labute approximate surface area is 88.1 Å². The Morgan fingerprint density at radius 2 is 2.18 bits per heavy atom. The van der Waals surface area contributed by atoms with E-state index in [1.165, 1.54) is 5.56 Å². The van der Waals surface area contributed by atoms with Crippen molar-refractivity contribution in [3.63, 3.8) is 0 Å². The van der Waals surface area contributed by atoms with Gasteiger partial charge in [-0.15, -0.1) is 0 Å². The van der Waals surface area contributed by atoms with Crippen LogP contribution in [0.3, 0.4) is 0 Å². The van der Waals surface area contributed by atoms with Gasteiger partial charge in [-0.3, -0.25) is 0 Å². The maximum absolute atomic E-state index is 8.99. The van der Waals surface area contributed by atoms with Gasteiger partial charge in [-0.05, 0) is 41.1 Å². The Morgan fingerprint density at radius 1 is 1.55 bits per heavy atom. The van der Waals surface area contributed by atoms with Crippen molar-refractivity contribution in [1.82, 2.24) is 0 Å². The van der Waals surface area contributed by atoms with Crippen molar-refractivity contribution in [3.05, 3.63) is 31.3 Å². The molecule has 0 atom stereocenters. The summed E-state index contributed by atoms with van der Waals surface area (Å²) >= 11 is 5.62. The summed E-state index contributed by atoms with van der Waals surface area (Å²) in [6.45, 7) is 2.13. The molecule has 0 bridgehead atoms. The van der Waals surface area contributed by atoms with E-state index in [4.69, 9.17) is 5.11 Å². The molecule has 0 aliphatic carbocycles. The Kier molecular flexibility index (Phi) is 3.33. The van der Waals surface area contributed by atoms with Crippen LogP contribution < -0.4 is 0 Å². The Hall–Kier alpha value is 0.390. The lowest BCUT2D eigenvalue weighted by atomic mass is 10.1. The van der Waals surface area contributed by atoms with E-state index in [2.05, 4.69) is 38.5 Å². The van der Waals surface area contributed by atoms with E-state index < -0.39 is 0 Å². The van der Waals surface area contributed by atoms with Crippen LogP contribution in [0.2, 0.25) is 0 Å². The van der Waals surface area contributed by atoms with Crippen molar-refractivity contribution in [2.45, 2.75) is 13.5 Å². The van der Waals surface area contributed by atoms with E-state index in [9.17, 15) is 0 Å². The first kappa shape index (κ1) is 9.48. The average molecular weight is 327 g/mol. The number of aliphatic hydroxyl groups excluding tert-OH is 1. The van der Waals surface area contributed by atoms with Gasteiger partial charge in [-0.2, -0.15) is 0 Å². The summed E-state index contributed by atoms with van der Waals surface area (Å²) in [7, 11) is 0. The molecular weight excluding hydrogens is 319 g/mol. The van der Waals surface area contributed by atoms with Crippen LogP contribution in [0.15, 0.2) is 16.6 Å². The Balaban J connectivity index is 3.29. The second-order valence-electron chi connectivity index (χ2n) is 2.31. The second-order valence-corrected chi connectivity index (χ2v) is 4.25. The van der Waals surface area contributed by atoms with Gasteiger partial charge in [0, 0.05) is 13.6 Å². The summed E-state index contributed by atoms with van der Waals surface area (Å²) in [5.41, 5.74) is 2.18. The molecule has 1 nitrogen and oxygen atoms in total. The normalized spacial score (nSPS) is 10.2. The van der Waals surface area contributed by atoms with Gasteiger partial charge in [0.05, 0.1) is 6.61 Å². The lowest BCUT2D eigenvalue weighted by Crippen LogP contribution is -1.92. The van der Waals surface area contributed by atoms with Crippen LogP contribution in [-0.4, -0.2) is 5.11 Å². The first-order valence-electron chi connectivity index (χ1n) is 3.21. The molecule has 0 heterocycles. The van der Waals surface area contributed by atoms with E-state index in [-0.39, 0.29) is 6.61 Å². The molecule has 1 rings (SSSR count). The number of benzene rings is 1. The van der Waals surface area contributed by atoms with E-state index in [1.807, 2.05) is 19.1 Å². The van der Waals surface area contributed by atoms with Gasteiger partial charge in [-0.25, -0.2) is 0 Å². The topological polar surface area (TPSA) is 20.2 Å². The molecule has 0 fully saturated rings. The molecule has 1 aromatic carbocycles. The number of hydrogen-bond donors (Lipinski definition) is 1. The van der Waals surface area contributed by atoms with Gasteiger partial charge in [-0.1, -0.05) is 22.0 Å². The lowest BCUT2D eigenvalue weighted by Gasteiger charge is -2.05. The van der Waals surface area contributed by atoms with Crippen molar-refractivity contribution in [2.75, 3.05) is 0 Å². The minimum absolute atomic E-state index is 0.0978. The first-order valence-corrected chi connectivity index (χ1v) is 5.08. The summed E-state index contributed by atoms with van der Waals surface area (Å²) in [5, 5.41) is 8.99. The summed E-state index contributed by atoms with van der Waals surface area (Å²) in [6.07, 6.45) is 0. The minimum atomic E-state index is 0.0978. The van der Waals surface area contributed by atoms with Gasteiger partial charge in [0.15, 0.2) is 0 Å². The van der Waals surface area contributed by atoms with Gasteiger partial charge >= 0.3 is 0 Å². The van der Waals surface area contributed by atoms with Gasteiger partial charge in [0.2, 0.25) is 0 Å². The molecule has 0 saturated carbocycles. The molecule has 0 unspecified atom stereocenters. The van der Waals surface area contributed by atoms with Crippen LogP contribution in [0.5, 0.6) is 0 Å². The molecule has 11 heavy (non-hydrogen) atoms. The van der Waals surface area contributed by atoms with Crippen molar-refractivity contribution in [2.24, 2.45) is 0 Å². The number of halogens is 2. The fraction of sp³-hybridized carbons (Fsp3) is 0.250. The quantitative estimate of drug-likeness (QED) is 0.787. The predicted molar refractivity (Wildman–Crippen MR) is 57.5 cm³/mol. The standard InChI is InChI=1S/C8H8BrIO/c1-5-2-3-7(9)6(4-11)8(5)10/h2-3,11H,4H2,1H3. The van der Waals surface area contributed by atoms with Crippen LogP contribution in [0.1, 0.15) is 11.1 Å². The fourth-order valence-corrected chi connectivity index (χ4v) is 2.33. The zero-order chi connectivity index (χ0) is 8.43. The zero-order valence-corrected chi connectivity index (χ0v) is 9.81. The largest absolute Gasteiger partial charge is 0.392 e. The highest BCUT2D eigenvalue weighted by Crippen LogP contribution is 2.24. The molecule has 1 aromatic rings. The third kappa shape index (κ3) is 1.95. The highest BCUT2D eigenvalue weighted by Gasteiger charge is 2.04. The smallest absolute Gasteiger partial charge is 0.0703 e. The molecule has 0 aliphatic rings. The zero-order valence-electron chi connectivity index (χ0n) is 6.06. The number of hydrogen-bond acceptors (Lipinski definition) is 1. The van der Waals surface area contributed by atoms with Crippen molar-refractivity contribution in [3.8, 4) is 0 Å². The van der Waals surface area contributed by atoms with Crippen LogP contribution in [0.4, 0.5) is 0 Å². The SMILES string of the molecule is Cc1ccc(Br)c(CO)c1I. The molecule has 0 aromatic heterocycles. The number of rotatable bonds is 1. The molecule has 0 amide bonds. The van der Waals surface area contributed by atoms with Crippen LogP contribution in [-0.2, 0) is 6.61 Å². The van der Waals surface area contributed by atoms with Crippen molar-refractivity contribution < 1.29 is 5.11 Å². The maximum atomic E-state index is 8.99. The van der Waals surface area contributed by atoms with Crippen LogP contribution in [0, 0.1) is 10.5 Å². The van der Waals surface area contributed by atoms with Crippen LogP contribution >= 0.6 is 38.5 Å². The molecule has 0 saturated heterocycles. The van der Waals surface area contributed by atoms with E-state index >= 15 is 0 Å². The maximum Gasteiger partial charge on any atom is 0.0703 e. The Morgan fingerprint density at radius 3 is 2.64 bits per heavy atom. The molecule has 0 aliphatic heterocycles. The summed E-state index contributed by atoms with van der Waals surface area (Å²) in [5.74, 6) is 0. The van der Waals surface area contributed by atoms with Crippen LogP contribution in [0.25, 0.3) is 0 Å². The fourth-order valence-electron chi connectivity index (χ4n) is 0.860. The average Bonchev–Trinajstić information content (AvgIpc) is 1.99. The number of aliphatic hydroxyl groups is 1. The van der Waals surface area contributed by atoms with E-state index in [0.29, 0.717) is 0 Å². The molecule has 60 valence electrons. The van der Waals surface area contributed by atoms with E-state index in [0.717, 1.165) is 13.6 Å². The molecular formula is C8H8BrIO. The molecule has 0 spiro atoms. The predicted octanol–water partition coefficient (Wildman–Crippen LogP) is 2.85. The highest BCUT2D eigenvalue weighted by atomic mass is 127. The van der Waals surface area contributed by atoms with Crippen molar-refractivity contribution >= 4 is 38.5 Å². The number of aryl methyl sites for hydroxylation is 1. The van der Waals surface area contributed by atoms with Gasteiger partial charge < -0.3 is 5.11 Å². The first-order chi connectivity index (χ1) is 5.16. The summed E-state index contributed by atoms with van der Waals surface area (Å²) in [6, 6.07) is 3.99. The molecule has 3 heteroatoms. The third-order valence-corrected chi connectivity index (χ3v) is 3.78. The lowest BCUT2D eigenvalue weighted by molar-refractivity contribution is 0.280. The second kappa shape index (κ2) is 3.87. The molecule has 0 radical (unpaired) electrons. The van der Waals surface area contributed by atoms with Crippen molar-refractivity contribution in [1.29, 1.82) is 0 Å².